The summed E-state index contributed by atoms with van der Waals surface area (Å²) < 4.78 is 59.4. The summed E-state index contributed by atoms with van der Waals surface area (Å²) in [5.74, 6) is -0.861. The van der Waals surface area contributed by atoms with Crippen LogP contribution in [0.1, 0.15) is 120 Å². The lowest BCUT2D eigenvalue weighted by atomic mass is 9.33. The molecule has 0 radical (unpaired) electrons. The van der Waals surface area contributed by atoms with Crippen molar-refractivity contribution in [3.05, 3.63) is 11.6 Å². The number of carbonyl (C=O) groups is 1. The quantitative estimate of drug-likeness (QED) is 0.0513. The van der Waals surface area contributed by atoms with Gasteiger partial charge in [0.25, 0.3) is 0 Å². The molecule has 5 aliphatic carbocycles. The molecule has 26 heteroatoms. The fourth-order valence-electron chi connectivity index (χ4n) is 17.5. The van der Waals surface area contributed by atoms with Crippen LogP contribution in [0.15, 0.2) is 11.6 Å². The van der Waals surface area contributed by atoms with Crippen LogP contribution in [0.3, 0.4) is 0 Å². The SMILES string of the molecule is C[C@@H]1O[C@@H](O[C@@H]2[C@@H](O[C@H]3CC[C@@]4(C)[C@@H](CC[C@]5(C)[C@@H]4CC=C4[C@@H]6CC(C)(C)CC[C@]6(C(=O)O[C@@H]6O[C@H](CO[C@@H]7O[C@H](CO)[C@@H](O[C@@H]8O[C@@H](C)[C@H](O)[C@@H](O)[C@H]8O)[C@H](O)[C@H]7O)[C@@H](O)[C@H](O)[C@H]6O)CC[C@]45C)[C@]3(C)CO)OC[C@@H](O)[C@H]2O)[C@H](O)[C@H](O)[C@H]1O. The molecule has 10 aliphatic rings. The Morgan fingerprint density at radius 2 is 1.14 bits per heavy atom. The van der Waals surface area contributed by atoms with Crippen LogP contribution >= 0.6 is 0 Å². The first kappa shape index (κ1) is 66.2. The van der Waals surface area contributed by atoms with Crippen LogP contribution in [0.2, 0.25) is 0 Å². The van der Waals surface area contributed by atoms with E-state index in [9.17, 15) is 76.6 Å². The number of aliphatic hydroxyl groups is 15. The van der Waals surface area contributed by atoms with Crippen LogP contribution < -0.4 is 0 Å². The lowest BCUT2D eigenvalue weighted by Gasteiger charge is -2.71. The molecule has 33 atom stereocenters. The van der Waals surface area contributed by atoms with E-state index in [1.807, 2.05) is 6.92 Å². The molecule has 0 amide bonds. The number of rotatable bonds is 13. The second-order valence-electron chi connectivity index (χ2n) is 28.5. The van der Waals surface area contributed by atoms with E-state index >= 15 is 4.79 Å². The second kappa shape index (κ2) is 24.4. The zero-order valence-corrected chi connectivity index (χ0v) is 49.8. The normalized spacial score (nSPS) is 55.3. The number of hydrogen-bond acceptors (Lipinski definition) is 26. The van der Waals surface area contributed by atoms with Crippen LogP contribution in [0.25, 0.3) is 0 Å². The van der Waals surface area contributed by atoms with Crippen molar-refractivity contribution >= 4 is 5.97 Å². The van der Waals surface area contributed by atoms with Gasteiger partial charge in [0.15, 0.2) is 25.2 Å². The third-order valence-corrected chi connectivity index (χ3v) is 23.2. The standard InChI is InChI=1S/C59H96O26/c1-24-34(63)38(67)42(71)49(78-24)83-46-29(20-60)80-48(45(74)41(46)70)77-22-30-37(66)40(69)44(73)51(81-30)85-53(75)59-17-15-54(3,4)19-27(59)26-9-10-32-55(5)13-12-33(56(6,23-61)31(55)11-14-58(32,8)57(26,7)16-18-59)82-52-47(36(65)28(62)21-76-52)84-50-43(72)39(68)35(64)25(2)79-50/h9,24-25,27-52,60-74H,10-23H2,1-8H3/t24-,25-,27-,28+,29+,30+,31+,32+,33-,34-,35-,36+,37+,38+,39+,40-,41+,42+,43+,44+,45+,46+,47-,48+,49-,50-,51-,52+,55-,56-,57+,58+,59-/m0/s1. The van der Waals surface area contributed by atoms with Gasteiger partial charge in [0.2, 0.25) is 6.29 Å². The lowest BCUT2D eigenvalue weighted by Crippen LogP contribution is -2.67. The van der Waals surface area contributed by atoms with E-state index in [0.717, 1.165) is 12.8 Å². The fraction of sp³-hybridized carbons (Fsp3) is 0.949. The molecule has 5 saturated heterocycles. The summed E-state index contributed by atoms with van der Waals surface area (Å²) in [7, 11) is 0. The molecule has 0 aromatic rings. The zero-order valence-electron chi connectivity index (χ0n) is 49.8. The Morgan fingerprint density at radius 1 is 0.565 bits per heavy atom. The van der Waals surface area contributed by atoms with Crippen LogP contribution in [0.5, 0.6) is 0 Å². The molecule has 0 spiro atoms. The van der Waals surface area contributed by atoms with Gasteiger partial charge in [-0.05, 0) is 117 Å². The van der Waals surface area contributed by atoms with E-state index in [2.05, 4.69) is 40.7 Å². The number of fused-ring (bicyclic) bond motifs is 7. The predicted octanol–water partition coefficient (Wildman–Crippen LogP) is -2.54. The highest BCUT2D eigenvalue weighted by atomic mass is 16.8. The molecule has 10 rings (SSSR count). The molecule has 9 fully saturated rings. The number of allylic oxidation sites excluding steroid dienone is 2. The summed E-state index contributed by atoms with van der Waals surface area (Å²) in [6.07, 6.45) is -29.6. The van der Waals surface area contributed by atoms with Crippen molar-refractivity contribution in [2.24, 2.45) is 50.2 Å². The van der Waals surface area contributed by atoms with Crippen LogP contribution in [-0.4, -0.2) is 263 Å². The minimum absolute atomic E-state index is 0.0670. The highest BCUT2D eigenvalue weighted by molar-refractivity contribution is 5.79. The second-order valence-corrected chi connectivity index (χ2v) is 28.5. The summed E-state index contributed by atoms with van der Waals surface area (Å²) in [5, 5.41) is 163. The first-order chi connectivity index (χ1) is 39.8. The molecule has 26 nitrogen and oxygen atoms in total. The topological polar surface area (TPSA) is 413 Å². The van der Waals surface area contributed by atoms with Gasteiger partial charge in [-0.3, -0.25) is 4.79 Å². The third kappa shape index (κ3) is 11.1. The molecule has 488 valence electrons. The summed E-state index contributed by atoms with van der Waals surface area (Å²) in [5.41, 5.74) is -1.93. The van der Waals surface area contributed by atoms with E-state index in [1.165, 1.54) is 19.4 Å². The van der Waals surface area contributed by atoms with Crippen molar-refractivity contribution in [2.45, 2.75) is 273 Å². The monoisotopic (exact) mass is 1220 g/mol. The predicted molar refractivity (Wildman–Crippen MR) is 288 cm³/mol. The minimum atomic E-state index is -1.90. The van der Waals surface area contributed by atoms with E-state index in [1.54, 1.807) is 0 Å². The molecule has 5 aliphatic heterocycles. The molecular formula is C59H96O26. The highest BCUT2D eigenvalue weighted by Gasteiger charge is 2.71. The Labute approximate surface area is 494 Å². The van der Waals surface area contributed by atoms with Crippen molar-refractivity contribution in [3.63, 3.8) is 0 Å². The number of carbonyl (C=O) groups excluding carboxylic acids is 1. The van der Waals surface area contributed by atoms with Gasteiger partial charge >= 0.3 is 5.97 Å². The largest absolute Gasteiger partial charge is 0.432 e. The van der Waals surface area contributed by atoms with Gasteiger partial charge in [-0.2, -0.15) is 0 Å². The first-order valence-electron chi connectivity index (χ1n) is 30.6. The molecule has 5 heterocycles. The molecule has 4 saturated carbocycles. The molecule has 15 N–H and O–H groups in total. The first-order valence-corrected chi connectivity index (χ1v) is 30.6. The Balaban J connectivity index is 0.833. The average Bonchev–Trinajstić information content (AvgIpc) is 0.692. The Hall–Kier alpha value is -1.75. The summed E-state index contributed by atoms with van der Waals surface area (Å²) in [6.45, 7) is 14.3. The van der Waals surface area contributed by atoms with Crippen molar-refractivity contribution < 1.29 is 129 Å². The molecule has 0 aromatic carbocycles. The van der Waals surface area contributed by atoms with E-state index in [-0.39, 0.29) is 47.2 Å². The Bertz CT molecular complexity index is 2370. The van der Waals surface area contributed by atoms with Gasteiger partial charge in [0.1, 0.15) is 104 Å². The van der Waals surface area contributed by atoms with Crippen LogP contribution in [0.4, 0.5) is 0 Å². The summed E-state index contributed by atoms with van der Waals surface area (Å²) in [6, 6.07) is 0. The van der Waals surface area contributed by atoms with Crippen molar-refractivity contribution in [1.82, 2.24) is 0 Å². The molecule has 0 unspecified atom stereocenters. The smallest absolute Gasteiger partial charge is 0.315 e. The van der Waals surface area contributed by atoms with Crippen molar-refractivity contribution in [3.8, 4) is 0 Å². The van der Waals surface area contributed by atoms with Gasteiger partial charge in [0.05, 0.1) is 50.2 Å². The summed E-state index contributed by atoms with van der Waals surface area (Å²) >= 11 is 0. The summed E-state index contributed by atoms with van der Waals surface area (Å²) in [4.78, 5) is 15.2. The Morgan fingerprint density at radius 3 is 1.76 bits per heavy atom. The minimum Gasteiger partial charge on any atom is -0.432 e. The maximum Gasteiger partial charge on any atom is 0.315 e. The lowest BCUT2D eigenvalue weighted by molar-refractivity contribution is -0.365. The maximum atomic E-state index is 15.2. The van der Waals surface area contributed by atoms with Gasteiger partial charge in [-0.15, -0.1) is 0 Å². The van der Waals surface area contributed by atoms with Gasteiger partial charge < -0.3 is 124 Å². The van der Waals surface area contributed by atoms with E-state index in [0.29, 0.717) is 51.4 Å². The van der Waals surface area contributed by atoms with Crippen LogP contribution in [-0.2, 0) is 52.2 Å². The molecule has 0 bridgehead atoms. The van der Waals surface area contributed by atoms with E-state index in [4.69, 9.17) is 47.4 Å². The highest BCUT2D eigenvalue weighted by Crippen LogP contribution is 2.76. The number of hydrogen-bond donors (Lipinski definition) is 15. The van der Waals surface area contributed by atoms with E-state index < -0.39 is 189 Å². The number of esters is 1. The number of aliphatic hydroxyl groups excluding tert-OH is 15. The fourth-order valence-corrected chi connectivity index (χ4v) is 17.5. The zero-order chi connectivity index (χ0) is 62.0. The van der Waals surface area contributed by atoms with Gasteiger partial charge in [-0.25, -0.2) is 0 Å². The maximum absolute atomic E-state index is 15.2. The molecular weight excluding hydrogens is 1120 g/mol. The van der Waals surface area contributed by atoms with Crippen LogP contribution in [0, 0.1) is 50.2 Å². The average molecular weight is 1220 g/mol. The Kier molecular flexibility index (Phi) is 19.0. The molecule has 0 aromatic heterocycles. The van der Waals surface area contributed by atoms with Gasteiger partial charge in [-0.1, -0.05) is 53.2 Å². The van der Waals surface area contributed by atoms with Gasteiger partial charge in [0, 0.05) is 5.41 Å². The van der Waals surface area contributed by atoms with Crippen molar-refractivity contribution in [1.29, 1.82) is 0 Å². The number of ether oxygens (including phenoxy) is 10. The van der Waals surface area contributed by atoms with Crippen molar-refractivity contribution in [2.75, 3.05) is 26.4 Å². The third-order valence-electron chi connectivity index (χ3n) is 23.2. The molecule has 85 heavy (non-hydrogen) atoms.